The maximum atomic E-state index is 6.02. The Labute approximate surface area is 95.8 Å². The minimum atomic E-state index is 0.231. The molecule has 1 aliphatic rings. The fourth-order valence-corrected chi connectivity index (χ4v) is 2.58. The van der Waals surface area contributed by atoms with E-state index in [2.05, 4.69) is 17.4 Å². The summed E-state index contributed by atoms with van der Waals surface area (Å²) < 4.78 is 0. The monoisotopic (exact) mass is 224 g/mol. The second kappa shape index (κ2) is 4.12. The molecule has 0 spiro atoms. The molecule has 0 aromatic heterocycles. The van der Waals surface area contributed by atoms with Crippen LogP contribution in [-0.2, 0) is 5.41 Å². The predicted octanol–water partition coefficient (Wildman–Crippen LogP) is 1.92. The van der Waals surface area contributed by atoms with Crippen LogP contribution in [0.2, 0.25) is 5.02 Å². The second-order valence-electron chi connectivity index (χ2n) is 4.24. The molecule has 15 heavy (non-hydrogen) atoms. The van der Waals surface area contributed by atoms with Gasteiger partial charge in [-0.05, 0) is 37.6 Å². The zero-order valence-electron chi connectivity index (χ0n) is 8.96. The van der Waals surface area contributed by atoms with E-state index in [4.69, 9.17) is 17.3 Å². The first-order valence-electron chi connectivity index (χ1n) is 5.36. The molecule has 1 aromatic carbocycles. The first-order chi connectivity index (χ1) is 7.23. The molecule has 0 radical (unpaired) electrons. The molecular formula is C12H17ClN2. The predicted molar refractivity (Wildman–Crippen MR) is 64.3 cm³/mol. The molecule has 2 nitrogen and oxygen atoms in total. The largest absolute Gasteiger partial charge is 0.329 e. The van der Waals surface area contributed by atoms with Crippen molar-refractivity contribution in [3.05, 3.63) is 34.9 Å². The van der Waals surface area contributed by atoms with Gasteiger partial charge in [0.05, 0.1) is 0 Å². The Bertz CT molecular complexity index is 343. The number of nitrogens with one attached hydrogen (secondary N) is 1. The molecule has 3 heteroatoms. The van der Waals surface area contributed by atoms with Gasteiger partial charge in [-0.3, -0.25) is 0 Å². The summed E-state index contributed by atoms with van der Waals surface area (Å²) in [5.74, 6) is 0. The van der Waals surface area contributed by atoms with E-state index in [-0.39, 0.29) is 5.41 Å². The van der Waals surface area contributed by atoms with Crippen molar-refractivity contribution >= 4 is 11.6 Å². The highest BCUT2D eigenvalue weighted by Gasteiger charge is 2.49. The van der Waals surface area contributed by atoms with Gasteiger partial charge in [-0.25, -0.2) is 0 Å². The van der Waals surface area contributed by atoms with Gasteiger partial charge < -0.3 is 11.1 Å². The number of benzene rings is 1. The zero-order chi connectivity index (χ0) is 10.9. The molecule has 0 aliphatic heterocycles. The minimum Gasteiger partial charge on any atom is -0.329 e. The Balaban J connectivity index is 2.29. The van der Waals surface area contributed by atoms with Crippen molar-refractivity contribution in [1.29, 1.82) is 0 Å². The van der Waals surface area contributed by atoms with Crippen molar-refractivity contribution in [3.8, 4) is 0 Å². The zero-order valence-corrected chi connectivity index (χ0v) is 9.72. The van der Waals surface area contributed by atoms with Crippen molar-refractivity contribution in [3.63, 3.8) is 0 Å². The number of halogens is 1. The van der Waals surface area contributed by atoms with E-state index >= 15 is 0 Å². The molecular weight excluding hydrogens is 208 g/mol. The van der Waals surface area contributed by atoms with Crippen LogP contribution in [0.1, 0.15) is 18.4 Å². The van der Waals surface area contributed by atoms with Crippen LogP contribution in [0, 0.1) is 0 Å². The smallest absolute Gasteiger partial charge is 0.0408 e. The summed E-state index contributed by atoms with van der Waals surface area (Å²) in [4.78, 5) is 0. The fraction of sp³-hybridized carbons (Fsp3) is 0.500. The molecule has 0 bridgehead atoms. The molecule has 1 saturated carbocycles. The molecule has 0 amide bonds. The summed E-state index contributed by atoms with van der Waals surface area (Å²) in [5.41, 5.74) is 7.34. The average molecular weight is 225 g/mol. The maximum Gasteiger partial charge on any atom is 0.0408 e. The molecule has 1 fully saturated rings. The summed E-state index contributed by atoms with van der Waals surface area (Å²) in [6.07, 6.45) is 2.41. The molecule has 3 N–H and O–H groups in total. The molecule has 1 aromatic rings. The lowest BCUT2D eigenvalue weighted by Crippen LogP contribution is -2.43. The van der Waals surface area contributed by atoms with Gasteiger partial charge in [-0.15, -0.1) is 0 Å². The highest BCUT2D eigenvalue weighted by Crippen LogP contribution is 2.51. The van der Waals surface area contributed by atoms with E-state index in [1.807, 2.05) is 19.2 Å². The van der Waals surface area contributed by atoms with E-state index in [1.54, 1.807) is 0 Å². The van der Waals surface area contributed by atoms with Gasteiger partial charge in [0.2, 0.25) is 0 Å². The quantitative estimate of drug-likeness (QED) is 0.820. The first kappa shape index (κ1) is 10.9. The summed E-state index contributed by atoms with van der Waals surface area (Å²) in [6.45, 7) is 0.670. The first-order valence-corrected chi connectivity index (χ1v) is 5.74. The van der Waals surface area contributed by atoms with Gasteiger partial charge in [-0.2, -0.15) is 0 Å². The van der Waals surface area contributed by atoms with E-state index < -0.39 is 0 Å². The topological polar surface area (TPSA) is 38.0 Å². The van der Waals surface area contributed by atoms with Gasteiger partial charge in [0.1, 0.15) is 0 Å². The van der Waals surface area contributed by atoms with Crippen LogP contribution in [0.15, 0.2) is 24.3 Å². The van der Waals surface area contributed by atoms with Crippen LogP contribution in [0.5, 0.6) is 0 Å². The van der Waals surface area contributed by atoms with Crippen molar-refractivity contribution in [2.24, 2.45) is 5.73 Å². The summed E-state index contributed by atoms with van der Waals surface area (Å²) in [7, 11) is 1.97. The molecule has 1 aliphatic carbocycles. The van der Waals surface area contributed by atoms with E-state index in [0.29, 0.717) is 12.6 Å². The van der Waals surface area contributed by atoms with Crippen LogP contribution in [-0.4, -0.2) is 19.6 Å². The Kier molecular flexibility index (Phi) is 3.01. The molecule has 0 heterocycles. The van der Waals surface area contributed by atoms with Crippen LogP contribution in [0.25, 0.3) is 0 Å². The molecule has 0 saturated heterocycles. The number of likely N-dealkylation sites (N-methyl/N-ethyl adjacent to an activating group) is 1. The third-order valence-corrected chi connectivity index (χ3v) is 3.67. The number of rotatable bonds is 4. The van der Waals surface area contributed by atoms with Gasteiger partial charge in [0, 0.05) is 23.0 Å². The Morgan fingerprint density at radius 2 is 2.27 bits per heavy atom. The van der Waals surface area contributed by atoms with E-state index in [9.17, 15) is 0 Å². The molecule has 82 valence electrons. The number of hydrogen-bond donors (Lipinski definition) is 2. The molecule has 1 unspecified atom stereocenters. The molecule has 2 rings (SSSR count). The van der Waals surface area contributed by atoms with E-state index in [1.165, 1.54) is 18.4 Å². The maximum absolute atomic E-state index is 6.02. The Morgan fingerprint density at radius 3 is 2.73 bits per heavy atom. The Hall–Kier alpha value is -0.570. The van der Waals surface area contributed by atoms with Crippen LogP contribution < -0.4 is 11.1 Å². The van der Waals surface area contributed by atoms with E-state index in [0.717, 1.165) is 5.02 Å². The highest BCUT2D eigenvalue weighted by atomic mass is 35.5. The molecule has 1 atom stereocenters. The lowest BCUT2D eigenvalue weighted by molar-refractivity contribution is 0.453. The number of nitrogens with two attached hydrogens (primary N) is 1. The number of hydrogen-bond acceptors (Lipinski definition) is 2. The summed E-state index contributed by atoms with van der Waals surface area (Å²) in [5, 5.41) is 4.12. The second-order valence-corrected chi connectivity index (χ2v) is 4.68. The van der Waals surface area contributed by atoms with Crippen LogP contribution in [0.4, 0.5) is 0 Å². The third kappa shape index (κ3) is 1.89. The van der Waals surface area contributed by atoms with Crippen molar-refractivity contribution < 1.29 is 0 Å². The van der Waals surface area contributed by atoms with Gasteiger partial charge >= 0.3 is 0 Å². The SMILES string of the molecule is CNC(CN)C1(c2cccc(Cl)c2)CC1. The minimum absolute atomic E-state index is 0.231. The van der Waals surface area contributed by atoms with Gasteiger partial charge in [-0.1, -0.05) is 23.7 Å². The highest BCUT2D eigenvalue weighted by molar-refractivity contribution is 6.30. The fourth-order valence-electron chi connectivity index (χ4n) is 2.39. The van der Waals surface area contributed by atoms with Gasteiger partial charge in [0.25, 0.3) is 0 Å². The summed E-state index contributed by atoms with van der Waals surface area (Å²) >= 11 is 6.02. The van der Waals surface area contributed by atoms with Crippen molar-refractivity contribution in [2.75, 3.05) is 13.6 Å². The third-order valence-electron chi connectivity index (χ3n) is 3.44. The standard InChI is InChI=1S/C12H17ClN2/c1-15-11(8-14)12(5-6-12)9-3-2-4-10(13)7-9/h2-4,7,11,15H,5-6,8,14H2,1H3. The van der Waals surface area contributed by atoms with Crippen molar-refractivity contribution in [2.45, 2.75) is 24.3 Å². The average Bonchev–Trinajstić information content (AvgIpc) is 3.01. The lowest BCUT2D eigenvalue weighted by atomic mass is 9.88. The normalized spacial score (nSPS) is 19.9. The van der Waals surface area contributed by atoms with Gasteiger partial charge in [0.15, 0.2) is 0 Å². The van der Waals surface area contributed by atoms with Crippen LogP contribution in [0.3, 0.4) is 0 Å². The lowest BCUT2D eigenvalue weighted by Gasteiger charge is -2.26. The Morgan fingerprint density at radius 1 is 1.53 bits per heavy atom. The van der Waals surface area contributed by atoms with Crippen molar-refractivity contribution in [1.82, 2.24) is 5.32 Å². The van der Waals surface area contributed by atoms with Crippen LogP contribution >= 0.6 is 11.6 Å². The summed E-state index contributed by atoms with van der Waals surface area (Å²) in [6, 6.07) is 8.50.